The Morgan fingerprint density at radius 2 is 1.88 bits per heavy atom. The van der Waals surface area contributed by atoms with Crippen LogP contribution in [0.2, 0.25) is 0 Å². The van der Waals surface area contributed by atoms with Crippen LogP contribution in [0.15, 0.2) is 23.1 Å². The van der Waals surface area contributed by atoms with Crippen LogP contribution in [-0.2, 0) is 0 Å². The largest absolute Gasteiger partial charge is 0.291 e. The standard InChI is InChI=1S/C20H27N3OS/c1-20(2,3)25-15-10-11-16-17(13-15)21-19(23-22-16)18(24)12-9-14-7-5-4-6-8-14/h10-11,13-14H,4-9,12H2,1-3H3. The zero-order valence-electron chi connectivity index (χ0n) is 15.4. The highest BCUT2D eigenvalue weighted by atomic mass is 32.2. The monoisotopic (exact) mass is 357 g/mol. The number of fused-ring (bicyclic) bond motifs is 1. The molecule has 1 aliphatic rings. The number of thioether (sulfide) groups is 1. The molecule has 5 heteroatoms. The second-order valence-electron chi connectivity index (χ2n) is 7.97. The molecule has 1 fully saturated rings. The summed E-state index contributed by atoms with van der Waals surface area (Å²) >= 11 is 1.79. The quantitative estimate of drug-likeness (QED) is 0.525. The number of Topliss-reactive ketones (excluding diaryl/α,β-unsaturated/α-hetero) is 1. The highest BCUT2D eigenvalue weighted by Crippen LogP contribution is 2.33. The molecule has 0 saturated heterocycles. The number of hydrogen-bond donors (Lipinski definition) is 0. The van der Waals surface area contributed by atoms with E-state index in [9.17, 15) is 4.79 Å². The minimum atomic E-state index is 0.0221. The highest BCUT2D eigenvalue weighted by Gasteiger charge is 2.18. The van der Waals surface area contributed by atoms with Crippen molar-refractivity contribution in [1.82, 2.24) is 15.2 Å². The molecule has 0 unspecified atom stereocenters. The van der Waals surface area contributed by atoms with E-state index < -0.39 is 0 Å². The summed E-state index contributed by atoms with van der Waals surface area (Å²) in [6.07, 6.45) is 7.97. The molecule has 0 bridgehead atoms. The van der Waals surface area contributed by atoms with Crippen molar-refractivity contribution in [2.45, 2.75) is 75.4 Å². The van der Waals surface area contributed by atoms with Crippen LogP contribution in [0, 0.1) is 5.92 Å². The number of aromatic nitrogens is 3. The van der Waals surface area contributed by atoms with Crippen LogP contribution in [0.1, 0.15) is 76.3 Å². The van der Waals surface area contributed by atoms with Crippen molar-refractivity contribution >= 4 is 28.6 Å². The summed E-state index contributed by atoms with van der Waals surface area (Å²) in [5.74, 6) is 0.982. The third kappa shape index (κ3) is 5.24. The van der Waals surface area contributed by atoms with Crippen molar-refractivity contribution < 1.29 is 4.79 Å². The van der Waals surface area contributed by atoms with E-state index in [0.717, 1.165) is 22.3 Å². The van der Waals surface area contributed by atoms with E-state index in [0.29, 0.717) is 12.3 Å². The predicted octanol–water partition coefficient (Wildman–Crippen LogP) is 5.46. The van der Waals surface area contributed by atoms with Gasteiger partial charge in [0, 0.05) is 16.1 Å². The average molecular weight is 358 g/mol. The molecule has 1 aromatic carbocycles. The van der Waals surface area contributed by atoms with Gasteiger partial charge in [0.15, 0.2) is 0 Å². The molecule has 1 aromatic heterocycles. The molecule has 2 aromatic rings. The van der Waals surface area contributed by atoms with Gasteiger partial charge in [0.05, 0.1) is 5.52 Å². The zero-order valence-corrected chi connectivity index (χ0v) is 16.2. The summed E-state index contributed by atoms with van der Waals surface area (Å²) < 4.78 is 0.132. The lowest BCUT2D eigenvalue weighted by Crippen LogP contribution is -2.12. The fourth-order valence-electron chi connectivity index (χ4n) is 3.37. The number of rotatable bonds is 5. The van der Waals surface area contributed by atoms with E-state index in [1.807, 2.05) is 18.2 Å². The second kappa shape index (κ2) is 7.81. The van der Waals surface area contributed by atoms with E-state index in [4.69, 9.17) is 0 Å². The van der Waals surface area contributed by atoms with E-state index in [2.05, 4.69) is 36.0 Å². The maximum absolute atomic E-state index is 12.5. The first-order valence-corrected chi connectivity index (χ1v) is 10.1. The molecule has 1 aliphatic carbocycles. The van der Waals surface area contributed by atoms with Gasteiger partial charge in [-0.05, 0) is 30.5 Å². The number of ketones is 1. The molecule has 0 radical (unpaired) electrons. The van der Waals surface area contributed by atoms with E-state index in [1.165, 1.54) is 32.1 Å². The number of nitrogens with zero attached hydrogens (tertiary/aromatic N) is 3. The molecule has 134 valence electrons. The van der Waals surface area contributed by atoms with Gasteiger partial charge in [-0.15, -0.1) is 22.0 Å². The molecule has 0 atom stereocenters. The molecule has 0 amide bonds. The first-order valence-electron chi connectivity index (χ1n) is 9.27. The molecular weight excluding hydrogens is 330 g/mol. The second-order valence-corrected chi connectivity index (χ2v) is 9.87. The lowest BCUT2D eigenvalue weighted by Gasteiger charge is -2.20. The Morgan fingerprint density at radius 1 is 1.12 bits per heavy atom. The average Bonchev–Trinajstić information content (AvgIpc) is 2.58. The topological polar surface area (TPSA) is 55.7 Å². The molecule has 0 spiro atoms. The lowest BCUT2D eigenvalue weighted by molar-refractivity contribution is 0.0959. The van der Waals surface area contributed by atoms with Crippen molar-refractivity contribution in [3.63, 3.8) is 0 Å². The molecular formula is C20H27N3OS. The van der Waals surface area contributed by atoms with Gasteiger partial charge in [-0.25, -0.2) is 4.98 Å². The summed E-state index contributed by atoms with van der Waals surface area (Å²) in [6.45, 7) is 6.54. The highest BCUT2D eigenvalue weighted by molar-refractivity contribution is 8.00. The van der Waals surface area contributed by atoms with Crippen molar-refractivity contribution in [1.29, 1.82) is 0 Å². The Labute approximate surface area is 154 Å². The molecule has 0 aliphatic heterocycles. The van der Waals surface area contributed by atoms with Crippen LogP contribution in [-0.4, -0.2) is 25.7 Å². The normalized spacial score (nSPS) is 16.3. The molecule has 1 heterocycles. The maximum Gasteiger partial charge on any atom is 0.218 e. The smallest absolute Gasteiger partial charge is 0.218 e. The molecule has 3 rings (SSSR count). The van der Waals surface area contributed by atoms with Crippen molar-refractivity contribution in [2.24, 2.45) is 5.92 Å². The summed E-state index contributed by atoms with van der Waals surface area (Å²) in [5.41, 5.74) is 1.49. The summed E-state index contributed by atoms with van der Waals surface area (Å²) in [7, 11) is 0. The minimum absolute atomic E-state index is 0.0221. The minimum Gasteiger partial charge on any atom is -0.291 e. The van der Waals surface area contributed by atoms with Gasteiger partial charge in [0.25, 0.3) is 0 Å². The Morgan fingerprint density at radius 3 is 2.60 bits per heavy atom. The number of hydrogen-bond acceptors (Lipinski definition) is 5. The Bertz CT molecular complexity index is 748. The molecule has 25 heavy (non-hydrogen) atoms. The Kier molecular flexibility index (Phi) is 5.72. The molecule has 0 N–H and O–H groups in total. The molecule has 4 nitrogen and oxygen atoms in total. The van der Waals surface area contributed by atoms with Gasteiger partial charge >= 0.3 is 0 Å². The lowest BCUT2D eigenvalue weighted by atomic mass is 9.85. The summed E-state index contributed by atoms with van der Waals surface area (Å²) in [6, 6.07) is 5.98. The Balaban J connectivity index is 1.71. The zero-order chi connectivity index (χ0) is 17.9. The van der Waals surface area contributed by atoms with Crippen LogP contribution in [0.25, 0.3) is 11.0 Å². The first kappa shape index (κ1) is 18.3. The van der Waals surface area contributed by atoms with Gasteiger partial charge in [-0.2, -0.15) is 0 Å². The van der Waals surface area contributed by atoms with Gasteiger partial charge in [0.2, 0.25) is 11.6 Å². The summed E-state index contributed by atoms with van der Waals surface area (Å²) in [4.78, 5) is 18.1. The van der Waals surface area contributed by atoms with Crippen LogP contribution in [0.4, 0.5) is 0 Å². The van der Waals surface area contributed by atoms with Crippen molar-refractivity contribution in [2.75, 3.05) is 0 Å². The van der Waals surface area contributed by atoms with Crippen LogP contribution in [0.3, 0.4) is 0 Å². The van der Waals surface area contributed by atoms with Gasteiger partial charge in [-0.1, -0.05) is 52.9 Å². The molecule has 1 saturated carbocycles. The van der Waals surface area contributed by atoms with Crippen molar-refractivity contribution in [3.8, 4) is 0 Å². The van der Waals surface area contributed by atoms with E-state index in [1.54, 1.807) is 11.8 Å². The third-order valence-corrected chi connectivity index (χ3v) is 5.71. The van der Waals surface area contributed by atoms with E-state index in [-0.39, 0.29) is 16.4 Å². The van der Waals surface area contributed by atoms with Crippen LogP contribution in [0.5, 0.6) is 0 Å². The first-order chi connectivity index (χ1) is 11.9. The maximum atomic E-state index is 12.5. The fraction of sp³-hybridized carbons (Fsp3) is 0.600. The fourth-order valence-corrected chi connectivity index (χ4v) is 4.39. The number of carbonyl (C=O) groups is 1. The number of benzene rings is 1. The van der Waals surface area contributed by atoms with Gasteiger partial charge in [0.1, 0.15) is 5.52 Å². The van der Waals surface area contributed by atoms with Crippen LogP contribution >= 0.6 is 11.8 Å². The van der Waals surface area contributed by atoms with Crippen LogP contribution < -0.4 is 0 Å². The SMILES string of the molecule is CC(C)(C)Sc1ccc2nnc(C(=O)CCC3CCCCC3)nc2c1. The predicted molar refractivity (Wildman–Crippen MR) is 103 cm³/mol. The number of carbonyl (C=O) groups excluding carboxylic acids is 1. The van der Waals surface area contributed by atoms with Gasteiger partial charge < -0.3 is 0 Å². The van der Waals surface area contributed by atoms with Crippen molar-refractivity contribution in [3.05, 3.63) is 24.0 Å². The summed E-state index contributed by atoms with van der Waals surface area (Å²) in [5, 5.41) is 8.25. The van der Waals surface area contributed by atoms with Gasteiger partial charge in [-0.3, -0.25) is 4.79 Å². The third-order valence-electron chi connectivity index (χ3n) is 4.60. The Hall–Kier alpha value is -1.49. The van der Waals surface area contributed by atoms with E-state index >= 15 is 0 Å².